The van der Waals surface area contributed by atoms with Crippen molar-refractivity contribution in [3.8, 4) is 34.1 Å². The highest BCUT2D eigenvalue weighted by Gasteiger charge is 2.22. The van der Waals surface area contributed by atoms with Gasteiger partial charge < -0.3 is 19.3 Å². The van der Waals surface area contributed by atoms with Crippen molar-refractivity contribution in [3.63, 3.8) is 0 Å². The first kappa shape index (κ1) is 22.4. The predicted octanol–water partition coefficient (Wildman–Crippen LogP) is 5.94. The summed E-state index contributed by atoms with van der Waals surface area (Å²) < 4.78 is 16.2. The number of amides is 1. The van der Waals surface area contributed by atoms with Gasteiger partial charge in [-0.3, -0.25) is 10.3 Å². The van der Waals surface area contributed by atoms with Crippen LogP contribution in [0.15, 0.2) is 54.9 Å². The second kappa shape index (κ2) is 9.40. The minimum Gasteiger partial charge on any atom is -0.508 e. The number of halogens is 2. The van der Waals surface area contributed by atoms with Gasteiger partial charge in [-0.25, -0.2) is 9.78 Å². The van der Waals surface area contributed by atoms with Crippen LogP contribution in [0.1, 0.15) is 0 Å². The standard InChI is InChI=1S/C23H17Cl2N3O5/c1-31-16-11-17(32-2)20(25)18(19(16)24)14-7-8-15(22-21(14)26-9-10-27-22)33-23(30)28-12-3-5-13(29)6-4-12/h3-11,29H,1-2H3,(H,28,30). The smallest absolute Gasteiger partial charge is 0.417 e. The van der Waals surface area contributed by atoms with Crippen molar-refractivity contribution in [1.82, 2.24) is 9.97 Å². The minimum atomic E-state index is -0.737. The molecule has 0 saturated carbocycles. The Bertz CT molecular complexity index is 1320. The molecule has 0 fully saturated rings. The zero-order valence-electron chi connectivity index (χ0n) is 17.4. The Morgan fingerprint density at radius 3 is 2.09 bits per heavy atom. The zero-order valence-corrected chi connectivity index (χ0v) is 18.9. The third kappa shape index (κ3) is 4.44. The normalized spacial score (nSPS) is 10.7. The summed E-state index contributed by atoms with van der Waals surface area (Å²) in [6.07, 6.45) is 2.25. The monoisotopic (exact) mass is 485 g/mol. The van der Waals surface area contributed by atoms with E-state index < -0.39 is 6.09 Å². The highest BCUT2D eigenvalue weighted by molar-refractivity contribution is 6.41. The van der Waals surface area contributed by atoms with E-state index in [2.05, 4.69) is 15.3 Å². The van der Waals surface area contributed by atoms with Crippen molar-refractivity contribution in [2.45, 2.75) is 0 Å². The Morgan fingerprint density at radius 1 is 0.879 bits per heavy atom. The maximum atomic E-state index is 12.4. The Balaban J connectivity index is 1.77. The number of phenolic OH excluding ortho intramolecular Hbond substituents is 1. The van der Waals surface area contributed by atoms with Gasteiger partial charge in [0.25, 0.3) is 0 Å². The molecule has 168 valence electrons. The van der Waals surface area contributed by atoms with Crippen LogP contribution >= 0.6 is 23.2 Å². The number of aromatic hydroxyl groups is 1. The third-order valence-electron chi connectivity index (χ3n) is 4.75. The number of hydrogen-bond donors (Lipinski definition) is 2. The fourth-order valence-corrected chi connectivity index (χ4v) is 3.93. The summed E-state index contributed by atoms with van der Waals surface area (Å²) in [6.45, 7) is 0. The number of anilines is 1. The summed E-state index contributed by atoms with van der Waals surface area (Å²) in [5.41, 5.74) is 2.18. The van der Waals surface area contributed by atoms with Gasteiger partial charge in [0.1, 0.15) is 28.3 Å². The number of aromatic nitrogens is 2. The Labute approximate surface area is 198 Å². The molecule has 2 N–H and O–H groups in total. The van der Waals surface area contributed by atoms with E-state index in [0.717, 1.165) is 0 Å². The van der Waals surface area contributed by atoms with Crippen LogP contribution in [0.2, 0.25) is 10.0 Å². The number of phenols is 1. The van der Waals surface area contributed by atoms with Crippen LogP contribution < -0.4 is 19.5 Å². The van der Waals surface area contributed by atoms with Crippen molar-refractivity contribution in [1.29, 1.82) is 0 Å². The first-order valence-electron chi connectivity index (χ1n) is 9.55. The molecule has 0 radical (unpaired) electrons. The lowest BCUT2D eigenvalue weighted by molar-refractivity contribution is 0.215. The van der Waals surface area contributed by atoms with Crippen molar-refractivity contribution in [3.05, 3.63) is 64.9 Å². The molecule has 1 heterocycles. The van der Waals surface area contributed by atoms with Crippen LogP contribution in [-0.2, 0) is 0 Å². The summed E-state index contributed by atoms with van der Waals surface area (Å²) in [4.78, 5) is 21.2. The number of ether oxygens (including phenoxy) is 3. The molecule has 0 aliphatic rings. The Kier molecular flexibility index (Phi) is 6.39. The van der Waals surface area contributed by atoms with E-state index in [-0.39, 0.29) is 21.5 Å². The molecule has 4 rings (SSSR count). The number of methoxy groups -OCH3 is 2. The molecule has 0 saturated heterocycles. The van der Waals surface area contributed by atoms with Crippen molar-refractivity contribution >= 4 is 46.0 Å². The number of carbonyl (C=O) groups excluding carboxylic acids is 1. The molecule has 10 heteroatoms. The molecule has 1 amide bonds. The molecule has 0 aliphatic carbocycles. The lowest BCUT2D eigenvalue weighted by Crippen LogP contribution is -2.17. The van der Waals surface area contributed by atoms with E-state index >= 15 is 0 Å². The fourth-order valence-electron chi connectivity index (χ4n) is 3.23. The van der Waals surface area contributed by atoms with Gasteiger partial charge in [-0.15, -0.1) is 0 Å². The molecule has 0 spiro atoms. The second-order valence-electron chi connectivity index (χ2n) is 6.71. The summed E-state index contributed by atoms with van der Waals surface area (Å²) in [7, 11) is 2.97. The van der Waals surface area contributed by atoms with E-state index in [4.69, 9.17) is 37.4 Å². The van der Waals surface area contributed by atoms with Crippen LogP contribution in [0.3, 0.4) is 0 Å². The highest BCUT2D eigenvalue weighted by atomic mass is 35.5. The van der Waals surface area contributed by atoms with Crippen molar-refractivity contribution in [2.75, 3.05) is 19.5 Å². The minimum absolute atomic E-state index is 0.0808. The molecule has 0 aliphatic heterocycles. The number of carbonyl (C=O) groups is 1. The summed E-state index contributed by atoms with van der Waals surface area (Å²) in [5, 5.41) is 12.5. The lowest BCUT2D eigenvalue weighted by atomic mass is 10.0. The first-order valence-corrected chi connectivity index (χ1v) is 10.3. The van der Waals surface area contributed by atoms with Crippen LogP contribution in [0.5, 0.6) is 23.0 Å². The summed E-state index contributed by atoms with van der Waals surface area (Å²) >= 11 is 13.2. The van der Waals surface area contributed by atoms with Gasteiger partial charge in [-0.2, -0.15) is 0 Å². The number of fused-ring (bicyclic) bond motifs is 1. The van der Waals surface area contributed by atoms with Crippen LogP contribution in [0.25, 0.3) is 22.2 Å². The first-order chi connectivity index (χ1) is 15.9. The van der Waals surface area contributed by atoms with Gasteiger partial charge >= 0.3 is 6.09 Å². The number of nitrogens with zero attached hydrogens (tertiary/aromatic N) is 2. The van der Waals surface area contributed by atoms with Crippen molar-refractivity contribution < 1.29 is 24.1 Å². The molecule has 1 aromatic heterocycles. The molecular formula is C23H17Cl2N3O5. The topological polar surface area (TPSA) is 103 Å². The quantitative estimate of drug-likeness (QED) is 0.337. The van der Waals surface area contributed by atoms with Crippen LogP contribution in [0.4, 0.5) is 10.5 Å². The van der Waals surface area contributed by atoms with Crippen LogP contribution in [0, 0.1) is 0 Å². The molecule has 3 aromatic carbocycles. The van der Waals surface area contributed by atoms with E-state index in [1.54, 1.807) is 18.2 Å². The Morgan fingerprint density at radius 2 is 1.48 bits per heavy atom. The summed E-state index contributed by atoms with van der Waals surface area (Å²) in [6, 6.07) is 10.8. The zero-order chi connectivity index (χ0) is 23.5. The third-order valence-corrected chi connectivity index (χ3v) is 5.50. The highest BCUT2D eigenvalue weighted by Crippen LogP contribution is 2.47. The van der Waals surface area contributed by atoms with Crippen LogP contribution in [-0.4, -0.2) is 35.4 Å². The molecule has 33 heavy (non-hydrogen) atoms. The SMILES string of the molecule is COc1cc(OC)c(Cl)c(-c2ccc(OC(=O)Nc3ccc(O)cc3)c3nccnc23)c1Cl. The molecule has 8 nitrogen and oxygen atoms in total. The maximum Gasteiger partial charge on any atom is 0.417 e. The van der Waals surface area contributed by atoms with Gasteiger partial charge in [-0.05, 0) is 36.4 Å². The average molecular weight is 486 g/mol. The molecule has 4 aromatic rings. The number of hydrogen-bond acceptors (Lipinski definition) is 7. The lowest BCUT2D eigenvalue weighted by Gasteiger charge is -2.16. The van der Waals surface area contributed by atoms with E-state index in [0.29, 0.717) is 39.3 Å². The molecule has 0 unspecified atom stereocenters. The largest absolute Gasteiger partial charge is 0.508 e. The number of benzene rings is 3. The summed E-state index contributed by atoms with van der Waals surface area (Å²) in [5.74, 6) is 1.01. The van der Waals surface area contributed by atoms with Crippen molar-refractivity contribution in [2.24, 2.45) is 0 Å². The molecular weight excluding hydrogens is 469 g/mol. The predicted molar refractivity (Wildman–Crippen MR) is 126 cm³/mol. The Hall–Kier alpha value is -3.75. The fraction of sp³-hybridized carbons (Fsp3) is 0.0870. The van der Waals surface area contributed by atoms with E-state index in [9.17, 15) is 9.90 Å². The van der Waals surface area contributed by atoms with E-state index in [1.165, 1.54) is 50.9 Å². The second-order valence-corrected chi connectivity index (χ2v) is 7.47. The van der Waals surface area contributed by atoms with Gasteiger partial charge in [0.2, 0.25) is 0 Å². The average Bonchev–Trinajstić information content (AvgIpc) is 2.82. The van der Waals surface area contributed by atoms with Gasteiger partial charge in [0.05, 0.1) is 24.3 Å². The number of nitrogens with one attached hydrogen (secondary N) is 1. The molecule has 0 bridgehead atoms. The molecule has 0 atom stereocenters. The van der Waals surface area contributed by atoms with Gasteiger partial charge in [-0.1, -0.05) is 23.2 Å². The van der Waals surface area contributed by atoms with Gasteiger partial charge in [0, 0.05) is 35.3 Å². The number of rotatable bonds is 5. The van der Waals surface area contributed by atoms with E-state index in [1.807, 2.05) is 0 Å². The van der Waals surface area contributed by atoms with Gasteiger partial charge in [0.15, 0.2) is 5.75 Å². The maximum absolute atomic E-state index is 12.4.